The van der Waals surface area contributed by atoms with Crippen LogP contribution in [0.1, 0.15) is 32.9 Å². The van der Waals surface area contributed by atoms with Crippen LogP contribution in [0.2, 0.25) is 0 Å². The van der Waals surface area contributed by atoms with E-state index in [0.29, 0.717) is 5.69 Å². The molecule has 1 aromatic heterocycles. The molecule has 1 heterocycles. The van der Waals surface area contributed by atoms with Crippen molar-refractivity contribution in [2.75, 3.05) is 13.1 Å². The highest BCUT2D eigenvalue weighted by molar-refractivity contribution is 7.89. The Morgan fingerprint density at radius 1 is 0.933 bits per heavy atom. The van der Waals surface area contributed by atoms with Crippen LogP contribution < -0.4 is 10.0 Å². The second-order valence-corrected chi connectivity index (χ2v) is 8.95. The predicted octanol–water partition coefficient (Wildman–Crippen LogP) is 2.21. The summed E-state index contributed by atoms with van der Waals surface area (Å²) in [6.45, 7) is 7.75. The summed E-state index contributed by atoms with van der Waals surface area (Å²) in [6, 6.07) is 12.5. The van der Waals surface area contributed by atoms with Crippen LogP contribution in [0.5, 0.6) is 0 Å². The highest BCUT2D eigenvalue weighted by Gasteiger charge is 2.18. The zero-order valence-electron chi connectivity index (χ0n) is 17.4. The van der Waals surface area contributed by atoms with E-state index < -0.39 is 15.9 Å². The molecule has 8 nitrogen and oxygen atoms in total. The first kappa shape index (κ1) is 21.7. The average molecular weight is 428 g/mol. The van der Waals surface area contributed by atoms with Gasteiger partial charge in [-0.3, -0.25) is 4.79 Å². The molecule has 9 heteroatoms. The van der Waals surface area contributed by atoms with E-state index >= 15 is 0 Å². The summed E-state index contributed by atoms with van der Waals surface area (Å²) in [5, 5.41) is 11.3. The van der Waals surface area contributed by atoms with E-state index in [1.54, 1.807) is 31.2 Å². The smallest absolute Gasteiger partial charge is 0.273 e. The van der Waals surface area contributed by atoms with Gasteiger partial charge in [-0.2, -0.15) is 9.90 Å². The molecule has 0 fully saturated rings. The first-order valence-electron chi connectivity index (χ1n) is 9.53. The maximum atomic E-state index is 12.5. The number of hydrogen-bond donors (Lipinski definition) is 2. The van der Waals surface area contributed by atoms with Crippen LogP contribution >= 0.6 is 0 Å². The van der Waals surface area contributed by atoms with Crippen molar-refractivity contribution in [2.24, 2.45) is 0 Å². The van der Waals surface area contributed by atoms with Crippen LogP contribution in [-0.4, -0.2) is 42.4 Å². The molecule has 0 unspecified atom stereocenters. The van der Waals surface area contributed by atoms with E-state index in [1.165, 1.54) is 4.80 Å². The summed E-state index contributed by atoms with van der Waals surface area (Å²) in [5.41, 5.74) is 4.61. The largest absolute Gasteiger partial charge is 0.349 e. The monoisotopic (exact) mass is 427 g/mol. The SMILES string of the molecule is Cc1ccc(S(=O)(=O)NCCNC(=O)c2nn(-c3ccc(C)cc3C)nc2C)cc1. The fourth-order valence-electron chi connectivity index (χ4n) is 2.97. The van der Waals surface area contributed by atoms with Gasteiger partial charge in [0.25, 0.3) is 5.91 Å². The summed E-state index contributed by atoms with van der Waals surface area (Å²) in [7, 11) is -3.62. The highest BCUT2D eigenvalue weighted by atomic mass is 32.2. The van der Waals surface area contributed by atoms with Crippen LogP contribution in [-0.2, 0) is 10.0 Å². The molecule has 2 aromatic carbocycles. The number of nitrogens with one attached hydrogen (secondary N) is 2. The fourth-order valence-corrected chi connectivity index (χ4v) is 4.00. The van der Waals surface area contributed by atoms with Crippen molar-refractivity contribution >= 4 is 15.9 Å². The molecule has 0 aliphatic carbocycles. The Balaban J connectivity index is 1.60. The third kappa shape index (κ3) is 4.92. The summed E-state index contributed by atoms with van der Waals surface area (Å²) in [6.07, 6.45) is 0. The summed E-state index contributed by atoms with van der Waals surface area (Å²) in [5.74, 6) is -0.405. The Kier molecular flexibility index (Phi) is 6.33. The lowest BCUT2D eigenvalue weighted by Crippen LogP contribution is -2.35. The number of nitrogens with zero attached hydrogens (tertiary/aromatic N) is 3. The number of hydrogen-bond acceptors (Lipinski definition) is 5. The van der Waals surface area contributed by atoms with Crippen molar-refractivity contribution in [3.05, 3.63) is 70.5 Å². The van der Waals surface area contributed by atoms with Gasteiger partial charge in [-0.05, 0) is 51.5 Å². The zero-order chi connectivity index (χ0) is 21.9. The van der Waals surface area contributed by atoms with Crippen LogP contribution in [0, 0.1) is 27.7 Å². The number of sulfonamides is 1. The van der Waals surface area contributed by atoms with Gasteiger partial charge in [0.2, 0.25) is 10.0 Å². The van der Waals surface area contributed by atoms with Crippen molar-refractivity contribution in [3.63, 3.8) is 0 Å². The molecule has 0 aliphatic rings. The van der Waals surface area contributed by atoms with Gasteiger partial charge in [0.05, 0.1) is 16.3 Å². The van der Waals surface area contributed by atoms with Gasteiger partial charge in [-0.25, -0.2) is 13.1 Å². The minimum Gasteiger partial charge on any atom is -0.349 e. The van der Waals surface area contributed by atoms with Gasteiger partial charge in [-0.15, -0.1) is 5.10 Å². The number of amides is 1. The molecule has 0 saturated heterocycles. The second kappa shape index (κ2) is 8.76. The highest BCUT2D eigenvalue weighted by Crippen LogP contribution is 2.15. The molecule has 3 aromatic rings. The molecule has 2 N–H and O–H groups in total. The lowest BCUT2D eigenvalue weighted by molar-refractivity contribution is 0.0948. The summed E-state index contributed by atoms with van der Waals surface area (Å²) in [4.78, 5) is 14.1. The molecule has 158 valence electrons. The molecule has 0 spiro atoms. The Morgan fingerprint density at radius 2 is 1.60 bits per heavy atom. The lowest BCUT2D eigenvalue weighted by atomic mass is 10.1. The van der Waals surface area contributed by atoms with Crippen molar-refractivity contribution in [1.82, 2.24) is 25.0 Å². The van der Waals surface area contributed by atoms with Gasteiger partial charge in [0.15, 0.2) is 5.69 Å². The molecule has 1 amide bonds. The zero-order valence-corrected chi connectivity index (χ0v) is 18.2. The molecular weight excluding hydrogens is 402 g/mol. The normalized spacial score (nSPS) is 11.5. The molecule has 0 radical (unpaired) electrons. The molecule has 30 heavy (non-hydrogen) atoms. The summed E-state index contributed by atoms with van der Waals surface area (Å²) < 4.78 is 27.0. The third-order valence-electron chi connectivity index (χ3n) is 4.60. The Labute approximate surface area is 176 Å². The molecular formula is C21H25N5O3S. The lowest BCUT2D eigenvalue weighted by Gasteiger charge is -2.08. The Hall–Kier alpha value is -3.04. The second-order valence-electron chi connectivity index (χ2n) is 7.18. The number of carbonyl (C=O) groups excluding carboxylic acids is 1. The van der Waals surface area contributed by atoms with Gasteiger partial charge in [0.1, 0.15) is 0 Å². The number of benzene rings is 2. The first-order valence-corrected chi connectivity index (χ1v) is 11.0. The number of carbonyl (C=O) groups is 1. The quantitative estimate of drug-likeness (QED) is 0.563. The van der Waals surface area contributed by atoms with Gasteiger partial charge in [-0.1, -0.05) is 35.4 Å². The van der Waals surface area contributed by atoms with Gasteiger partial charge >= 0.3 is 0 Å². The van der Waals surface area contributed by atoms with Crippen LogP contribution in [0.15, 0.2) is 47.4 Å². The minimum atomic E-state index is -3.62. The Bertz CT molecular complexity index is 1170. The Morgan fingerprint density at radius 3 is 2.27 bits per heavy atom. The van der Waals surface area contributed by atoms with Gasteiger partial charge in [0, 0.05) is 13.1 Å². The van der Waals surface area contributed by atoms with Crippen molar-refractivity contribution in [2.45, 2.75) is 32.6 Å². The predicted molar refractivity (Wildman–Crippen MR) is 114 cm³/mol. The van der Waals surface area contributed by atoms with Crippen LogP contribution in [0.3, 0.4) is 0 Å². The van der Waals surface area contributed by atoms with Crippen molar-refractivity contribution in [1.29, 1.82) is 0 Å². The molecule has 0 bridgehead atoms. The van der Waals surface area contributed by atoms with Gasteiger partial charge < -0.3 is 5.32 Å². The minimum absolute atomic E-state index is 0.0617. The van der Waals surface area contributed by atoms with E-state index in [2.05, 4.69) is 20.2 Å². The summed E-state index contributed by atoms with van der Waals surface area (Å²) >= 11 is 0. The van der Waals surface area contributed by atoms with Crippen molar-refractivity contribution < 1.29 is 13.2 Å². The van der Waals surface area contributed by atoms with E-state index in [0.717, 1.165) is 22.4 Å². The van der Waals surface area contributed by atoms with E-state index in [4.69, 9.17) is 0 Å². The fraction of sp³-hybridized carbons (Fsp3) is 0.286. The third-order valence-corrected chi connectivity index (χ3v) is 6.08. The molecule has 0 saturated carbocycles. The first-order chi connectivity index (χ1) is 14.2. The van der Waals surface area contributed by atoms with Crippen LogP contribution in [0.4, 0.5) is 0 Å². The molecule has 3 rings (SSSR count). The topological polar surface area (TPSA) is 106 Å². The standard InChI is InChI=1S/C21H25N5O3S/c1-14-5-8-18(9-6-14)30(28,29)23-12-11-22-21(27)20-17(4)24-26(25-20)19-10-7-15(2)13-16(19)3/h5-10,13,23H,11-12H2,1-4H3,(H,22,27). The maximum absolute atomic E-state index is 12.5. The van der Waals surface area contributed by atoms with Crippen LogP contribution in [0.25, 0.3) is 5.69 Å². The number of aromatic nitrogens is 3. The van der Waals surface area contributed by atoms with E-state index in [1.807, 2.05) is 39.0 Å². The van der Waals surface area contributed by atoms with Crippen molar-refractivity contribution in [3.8, 4) is 5.69 Å². The molecule has 0 atom stereocenters. The van der Waals surface area contributed by atoms with E-state index in [9.17, 15) is 13.2 Å². The average Bonchev–Trinajstić information content (AvgIpc) is 3.07. The maximum Gasteiger partial charge on any atom is 0.273 e. The number of aryl methyl sites for hydroxylation is 4. The van der Waals surface area contributed by atoms with E-state index in [-0.39, 0.29) is 23.7 Å². The number of rotatable bonds is 7. The molecule has 0 aliphatic heterocycles.